The van der Waals surface area contributed by atoms with Crippen molar-refractivity contribution in [3.63, 3.8) is 0 Å². The molecule has 126 valence electrons. The number of aliphatic imine (C=N–C) groups is 1. The lowest BCUT2D eigenvalue weighted by molar-refractivity contribution is -0.384. The Labute approximate surface area is 143 Å². The van der Waals surface area contributed by atoms with Crippen LogP contribution in [0.25, 0.3) is 10.8 Å². The molecule has 3 rings (SSSR count). The highest BCUT2D eigenvalue weighted by Crippen LogP contribution is 2.25. The SMILES string of the molecule is O=[N+]([O-])c1ccc(C(O)CN=Cc2c(O)ccc3ccccc23)cc1. The number of fused-ring (bicyclic) bond motifs is 1. The number of benzene rings is 3. The standard InChI is InChI=1S/C19H16N2O4/c22-18-10-7-13-3-1-2-4-16(13)17(18)11-20-12-19(23)14-5-8-15(9-6-14)21(24)25/h1-11,19,22-23H,12H2. The van der Waals surface area contributed by atoms with Gasteiger partial charge in [0.05, 0.1) is 17.6 Å². The van der Waals surface area contributed by atoms with Crippen LogP contribution in [0, 0.1) is 10.1 Å². The van der Waals surface area contributed by atoms with Gasteiger partial charge in [-0.1, -0.05) is 30.3 Å². The monoisotopic (exact) mass is 336 g/mol. The van der Waals surface area contributed by atoms with E-state index < -0.39 is 11.0 Å². The van der Waals surface area contributed by atoms with Crippen molar-refractivity contribution in [2.24, 2.45) is 4.99 Å². The molecule has 0 heterocycles. The Balaban J connectivity index is 1.77. The van der Waals surface area contributed by atoms with Gasteiger partial charge in [0.2, 0.25) is 0 Å². The van der Waals surface area contributed by atoms with E-state index in [1.165, 1.54) is 30.5 Å². The number of aliphatic hydroxyl groups is 1. The average molecular weight is 336 g/mol. The first kappa shape index (κ1) is 16.6. The molecule has 25 heavy (non-hydrogen) atoms. The fourth-order valence-corrected chi connectivity index (χ4v) is 2.59. The molecule has 3 aromatic carbocycles. The summed E-state index contributed by atoms with van der Waals surface area (Å²) in [5.74, 6) is 0.118. The molecule has 1 atom stereocenters. The second-order valence-electron chi connectivity index (χ2n) is 5.58. The second kappa shape index (κ2) is 7.11. The Morgan fingerprint density at radius 3 is 2.52 bits per heavy atom. The summed E-state index contributed by atoms with van der Waals surface area (Å²) in [7, 11) is 0. The van der Waals surface area contributed by atoms with Crippen LogP contribution in [0.3, 0.4) is 0 Å². The number of aromatic hydroxyl groups is 1. The second-order valence-corrected chi connectivity index (χ2v) is 5.58. The van der Waals surface area contributed by atoms with Gasteiger partial charge in [0.1, 0.15) is 5.75 Å². The number of hydrogen-bond acceptors (Lipinski definition) is 5. The molecule has 1 unspecified atom stereocenters. The van der Waals surface area contributed by atoms with E-state index in [2.05, 4.69) is 4.99 Å². The van der Waals surface area contributed by atoms with Crippen molar-refractivity contribution in [2.75, 3.05) is 6.54 Å². The third kappa shape index (κ3) is 3.64. The highest BCUT2D eigenvalue weighted by atomic mass is 16.6. The van der Waals surface area contributed by atoms with Crippen LogP contribution in [-0.4, -0.2) is 27.9 Å². The number of non-ortho nitro benzene ring substituents is 1. The summed E-state index contributed by atoms with van der Waals surface area (Å²) < 4.78 is 0. The zero-order valence-corrected chi connectivity index (χ0v) is 13.2. The molecule has 6 nitrogen and oxygen atoms in total. The summed E-state index contributed by atoms with van der Waals surface area (Å²) in [5, 5.41) is 32.7. The summed E-state index contributed by atoms with van der Waals surface area (Å²) in [4.78, 5) is 14.4. The number of phenols is 1. The molecule has 0 spiro atoms. The van der Waals surface area contributed by atoms with E-state index in [-0.39, 0.29) is 18.0 Å². The number of aliphatic hydroxyl groups excluding tert-OH is 1. The average Bonchev–Trinajstić information content (AvgIpc) is 2.63. The first-order chi connectivity index (χ1) is 12.1. The van der Waals surface area contributed by atoms with Crippen molar-refractivity contribution in [1.29, 1.82) is 0 Å². The van der Waals surface area contributed by atoms with Crippen molar-refractivity contribution in [2.45, 2.75) is 6.10 Å². The van der Waals surface area contributed by atoms with Crippen LogP contribution in [0.15, 0.2) is 65.7 Å². The molecule has 0 aliphatic carbocycles. The molecule has 0 bridgehead atoms. The predicted molar refractivity (Wildman–Crippen MR) is 96.1 cm³/mol. The van der Waals surface area contributed by atoms with E-state index in [0.717, 1.165) is 10.8 Å². The minimum Gasteiger partial charge on any atom is -0.507 e. The number of nitro groups is 1. The van der Waals surface area contributed by atoms with Crippen molar-refractivity contribution >= 4 is 22.7 Å². The third-order valence-corrected chi connectivity index (χ3v) is 3.94. The van der Waals surface area contributed by atoms with Crippen LogP contribution in [0.4, 0.5) is 5.69 Å². The summed E-state index contributed by atoms with van der Waals surface area (Å²) >= 11 is 0. The van der Waals surface area contributed by atoms with Gasteiger partial charge in [-0.25, -0.2) is 0 Å². The van der Waals surface area contributed by atoms with Crippen LogP contribution in [0.2, 0.25) is 0 Å². The van der Waals surface area contributed by atoms with E-state index in [0.29, 0.717) is 11.1 Å². The van der Waals surface area contributed by atoms with Gasteiger partial charge in [0, 0.05) is 23.9 Å². The van der Waals surface area contributed by atoms with Crippen LogP contribution < -0.4 is 0 Å². The van der Waals surface area contributed by atoms with E-state index in [1.807, 2.05) is 30.3 Å². The van der Waals surface area contributed by atoms with E-state index in [4.69, 9.17) is 0 Å². The molecule has 6 heteroatoms. The molecule has 0 aromatic heterocycles. The van der Waals surface area contributed by atoms with Crippen LogP contribution in [0.1, 0.15) is 17.2 Å². The molecule has 0 radical (unpaired) electrons. The molecule has 0 aliphatic heterocycles. The highest BCUT2D eigenvalue weighted by Gasteiger charge is 2.10. The number of phenolic OH excluding ortho intramolecular Hbond substituents is 1. The largest absolute Gasteiger partial charge is 0.507 e. The van der Waals surface area contributed by atoms with Crippen LogP contribution >= 0.6 is 0 Å². The Kier molecular flexibility index (Phi) is 4.72. The van der Waals surface area contributed by atoms with Crippen molar-refractivity contribution in [1.82, 2.24) is 0 Å². The molecule has 0 fully saturated rings. The molecule has 3 aromatic rings. The minimum absolute atomic E-state index is 0.0277. The van der Waals surface area contributed by atoms with Gasteiger partial charge in [-0.15, -0.1) is 0 Å². The maximum Gasteiger partial charge on any atom is 0.269 e. The van der Waals surface area contributed by atoms with Gasteiger partial charge in [0.15, 0.2) is 0 Å². The minimum atomic E-state index is -0.880. The highest BCUT2D eigenvalue weighted by molar-refractivity contribution is 6.02. The number of hydrogen-bond donors (Lipinski definition) is 2. The third-order valence-electron chi connectivity index (χ3n) is 3.94. The topological polar surface area (TPSA) is 96.0 Å². The van der Waals surface area contributed by atoms with Crippen molar-refractivity contribution in [3.8, 4) is 5.75 Å². The number of rotatable bonds is 5. The lowest BCUT2D eigenvalue weighted by Crippen LogP contribution is -2.02. The Bertz CT molecular complexity index is 936. The van der Waals surface area contributed by atoms with Gasteiger partial charge < -0.3 is 10.2 Å². The lowest BCUT2D eigenvalue weighted by Gasteiger charge is -2.08. The van der Waals surface area contributed by atoms with Gasteiger partial charge in [-0.05, 0) is 34.5 Å². The van der Waals surface area contributed by atoms with Gasteiger partial charge in [-0.2, -0.15) is 0 Å². The van der Waals surface area contributed by atoms with E-state index in [1.54, 1.807) is 6.07 Å². The first-order valence-corrected chi connectivity index (χ1v) is 7.69. The summed E-state index contributed by atoms with van der Waals surface area (Å²) in [6, 6.07) is 16.8. The zero-order chi connectivity index (χ0) is 17.8. The summed E-state index contributed by atoms with van der Waals surface area (Å²) in [5.41, 5.74) is 1.11. The first-order valence-electron chi connectivity index (χ1n) is 7.69. The van der Waals surface area contributed by atoms with Crippen LogP contribution in [-0.2, 0) is 0 Å². The van der Waals surface area contributed by atoms with E-state index in [9.17, 15) is 20.3 Å². The van der Waals surface area contributed by atoms with Crippen LogP contribution in [0.5, 0.6) is 5.75 Å². The molecule has 0 aliphatic rings. The molecular weight excluding hydrogens is 320 g/mol. The fraction of sp³-hybridized carbons (Fsp3) is 0.105. The smallest absolute Gasteiger partial charge is 0.269 e. The number of nitrogens with zero attached hydrogens (tertiary/aromatic N) is 2. The molecule has 0 saturated carbocycles. The normalized spacial score (nSPS) is 12.5. The Hall–Kier alpha value is -3.25. The van der Waals surface area contributed by atoms with Gasteiger partial charge >= 0.3 is 0 Å². The van der Waals surface area contributed by atoms with Crippen molar-refractivity contribution < 1.29 is 15.1 Å². The maximum absolute atomic E-state index is 10.6. The van der Waals surface area contributed by atoms with Gasteiger partial charge in [-0.3, -0.25) is 15.1 Å². The van der Waals surface area contributed by atoms with Gasteiger partial charge in [0.25, 0.3) is 5.69 Å². The summed E-state index contributed by atoms with van der Waals surface area (Å²) in [6.45, 7) is 0.0838. The zero-order valence-electron chi connectivity index (χ0n) is 13.2. The lowest BCUT2D eigenvalue weighted by atomic mass is 10.0. The molecule has 2 N–H and O–H groups in total. The molecular formula is C19H16N2O4. The quantitative estimate of drug-likeness (QED) is 0.423. The fourth-order valence-electron chi connectivity index (χ4n) is 2.59. The number of nitro benzene ring substituents is 1. The molecule has 0 amide bonds. The Morgan fingerprint density at radius 2 is 1.80 bits per heavy atom. The predicted octanol–water partition coefficient (Wildman–Crippen LogP) is 3.61. The van der Waals surface area contributed by atoms with E-state index >= 15 is 0 Å². The summed E-state index contributed by atoms with van der Waals surface area (Å²) in [6.07, 6.45) is 0.654. The van der Waals surface area contributed by atoms with Crippen molar-refractivity contribution in [3.05, 3.63) is 81.9 Å². The Morgan fingerprint density at radius 1 is 1.08 bits per heavy atom. The maximum atomic E-state index is 10.6. The molecule has 0 saturated heterocycles.